The second kappa shape index (κ2) is 3.01. The number of ketones is 1. The molecule has 14 heavy (non-hydrogen) atoms. The maximum absolute atomic E-state index is 11.8. The number of nitrogens with zero attached hydrogens (tertiary/aromatic N) is 1. The van der Waals surface area contributed by atoms with Crippen molar-refractivity contribution in [3.8, 4) is 0 Å². The molecule has 0 saturated carbocycles. The summed E-state index contributed by atoms with van der Waals surface area (Å²) in [4.78, 5) is 13.5. The third-order valence-electron chi connectivity index (χ3n) is 2.54. The Morgan fingerprint density at radius 3 is 2.29 bits per heavy atom. The van der Waals surface area contributed by atoms with Crippen LogP contribution in [0.1, 0.15) is 12.8 Å². The minimum absolute atomic E-state index is 0.0570. The average Bonchev–Trinajstić information content (AvgIpc) is 2.41. The number of hydrogen-bond donors (Lipinski definition) is 1. The van der Waals surface area contributed by atoms with Crippen molar-refractivity contribution in [2.75, 3.05) is 14.1 Å². The van der Waals surface area contributed by atoms with Crippen LogP contribution in [-0.2, 0) is 4.79 Å². The highest BCUT2D eigenvalue weighted by atomic mass is 16.3. The van der Waals surface area contributed by atoms with E-state index in [2.05, 4.69) is 0 Å². The lowest BCUT2D eigenvalue weighted by molar-refractivity contribution is -0.112. The first-order valence-corrected chi connectivity index (χ1v) is 4.69. The Balaban J connectivity index is 2.53. The number of carbonyl (C=O) groups excluding carboxylic acids is 1. The van der Waals surface area contributed by atoms with Gasteiger partial charge in [-0.25, -0.2) is 0 Å². The molecular weight excluding hydrogens is 178 g/mol. The van der Waals surface area contributed by atoms with Gasteiger partial charge in [-0.05, 0) is 12.8 Å². The van der Waals surface area contributed by atoms with Gasteiger partial charge in [0.1, 0.15) is 5.70 Å². The van der Waals surface area contributed by atoms with Crippen LogP contribution >= 0.6 is 0 Å². The van der Waals surface area contributed by atoms with E-state index in [0.717, 1.165) is 12.8 Å². The first-order valence-electron chi connectivity index (χ1n) is 4.69. The third-order valence-corrected chi connectivity index (χ3v) is 2.54. The summed E-state index contributed by atoms with van der Waals surface area (Å²) < 4.78 is 0. The van der Waals surface area contributed by atoms with Crippen molar-refractivity contribution < 1.29 is 9.90 Å². The summed E-state index contributed by atoms with van der Waals surface area (Å²) in [6, 6.07) is 0. The Morgan fingerprint density at radius 2 is 1.79 bits per heavy atom. The van der Waals surface area contributed by atoms with Gasteiger partial charge in [-0.2, -0.15) is 0 Å². The summed E-state index contributed by atoms with van der Waals surface area (Å²) in [6.07, 6.45) is 5.62. The van der Waals surface area contributed by atoms with Gasteiger partial charge in [-0.15, -0.1) is 0 Å². The molecule has 0 atom stereocenters. The van der Waals surface area contributed by atoms with E-state index < -0.39 is 0 Å². The Morgan fingerprint density at radius 1 is 1.21 bits per heavy atom. The molecule has 2 aliphatic carbocycles. The van der Waals surface area contributed by atoms with E-state index in [-0.39, 0.29) is 11.5 Å². The molecule has 0 spiro atoms. The van der Waals surface area contributed by atoms with Gasteiger partial charge in [-0.3, -0.25) is 4.79 Å². The highest BCUT2D eigenvalue weighted by Gasteiger charge is 2.34. The number of aliphatic hydroxyl groups excluding tert-OH is 1. The van der Waals surface area contributed by atoms with Gasteiger partial charge in [0.15, 0.2) is 5.76 Å². The van der Waals surface area contributed by atoms with Crippen LogP contribution in [-0.4, -0.2) is 29.9 Å². The lowest BCUT2D eigenvalue weighted by atomic mass is 9.99. The summed E-state index contributed by atoms with van der Waals surface area (Å²) in [5.41, 5.74) is 1.78. The van der Waals surface area contributed by atoms with Crippen LogP contribution in [0.25, 0.3) is 0 Å². The Kier molecular flexibility index (Phi) is 1.95. The predicted octanol–water partition coefficient (Wildman–Crippen LogP) is 1.55. The van der Waals surface area contributed by atoms with Crippen molar-refractivity contribution in [1.29, 1.82) is 0 Å². The minimum atomic E-state index is -0.0570. The van der Waals surface area contributed by atoms with Crippen molar-refractivity contribution in [3.05, 3.63) is 34.8 Å². The summed E-state index contributed by atoms with van der Waals surface area (Å²) >= 11 is 0. The summed E-state index contributed by atoms with van der Waals surface area (Å²) in [5.74, 6) is 0.0735. The fourth-order valence-corrected chi connectivity index (χ4v) is 1.89. The van der Waals surface area contributed by atoms with E-state index in [0.29, 0.717) is 16.8 Å². The molecule has 0 fully saturated rings. The van der Waals surface area contributed by atoms with Crippen molar-refractivity contribution in [2.24, 2.45) is 0 Å². The largest absolute Gasteiger partial charge is 0.505 e. The molecule has 3 nitrogen and oxygen atoms in total. The summed E-state index contributed by atoms with van der Waals surface area (Å²) in [7, 11) is 3.53. The number of hydrogen-bond acceptors (Lipinski definition) is 3. The van der Waals surface area contributed by atoms with E-state index in [1.54, 1.807) is 19.0 Å². The molecule has 0 saturated heterocycles. The Bertz CT molecular complexity index is 386. The average molecular weight is 191 g/mol. The van der Waals surface area contributed by atoms with Gasteiger partial charge in [0.2, 0.25) is 5.78 Å². The fraction of sp³-hybridized carbons (Fsp3) is 0.364. The molecule has 0 aliphatic heterocycles. The van der Waals surface area contributed by atoms with Gasteiger partial charge in [-0.1, -0.05) is 12.2 Å². The van der Waals surface area contributed by atoms with Gasteiger partial charge in [0.25, 0.3) is 0 Å². The normalized spacial score (nSPS) is 20.6. The molecule has 0 amide bonds. The van der Waals surface area contributed by atoms with Crippen molar-refractivity contribution >= 4 is 5.78 Å². The monoisotopic (exact) mass is 191 g/mol. The highest BCUT2D eigenvalue weighted by molar-refractivity contribution is 6.16. The Hall–Kier alpha value is -1.51. The van der Waals surface area contributed by atoms with E-state index in [1.165, 1.54) is 0 Å². The van der Waals surface area contributed by atoms with Gasteiger partial charge >= 0.3 is 0 Å². The molecule has 74 valence electrons. The van der Waals surface area contributed by atoms with Gasteiger partial charge in [0.05, 0.1) is 0 Å². The molecule has 0 heterocycles. The van der Waals surface area contributed by atoms with Crippen LogP contribution in [0, 0.1) is 0 Å². The topological polar surface area (TPSA) is 40.5 Å². The van der Waals surface area contributed by atoms with Gasteiger partial charge in [0, 0.05) is 25.2 Å². The molecule has 0 aromatic carbocycles. The number of allylic oxidation sites excluding steroid dienone is 4. The smallest absolute Gasteiger partial charge is 0.213 e. The molecule has 1 N–H and O–H groups in total. The highest BCUT2D eigenvalue weighted by Crippen LogP contribution is 2.35. The quantitative estimate of drug-likeness (QED) is 0.683. The maximum Gasteiger partial charge on any atom is 0.213 e. The molecule has 0 radical (unpaired) electrons. The number of Topliss-reactive ketones (excluding diaryl/α,β-unsaturated/α-hetero) is 1. The number of aliphatic hydroxyl groups is 1. The zero-order valence-corrected chi connectivity index (χ0v) is 8.37. The number of fused-ring (bicyclic) bond motifs is 1. The van der Waals surface area contributed by atoms with Crippen LogP contribution in [0.4, 0.5) is 0 Å². The first-order chi connectivity index (χ1) is 6.63. The molecule has 0 aromatic rings. The van der Waals surface area contributed by atoms with Crippen LogP contribution in [0.2, 0.25) is 0 Å². The van der Waals surface area contributed by atoms with Crippen LogP contribution < -0.4 is 0 Å². The second-order valence-electron chi connectivity index (χ2n) is 3.73. The fourth-order valence-electron chi connectivity index (χ4n) is 1.89. The summed E-state index contributed by atoms with van der Waals surface area (Å²) in [6.45, 7) is 0. The standard InChI is InChI=1S/C11H13NO2/c1-12(2)9-10(13)7-5-3-4-6-8(7)11(9)14/h5-6,13H,3-4H2,1-2H3. The molecule has 2 aliphatic rings. The van der Waals surface area contributed by atoms with Crippen LogP contribution in [0.15, 0.2) is 34.8 Å². The maximum atomic E-state index is 11.8. The summed E-state index contributed by atoms with van der Waals surface area (Å²) in [5, 5.41) is 9.83. The van der Waals surface area contributed by atoms with Crippen molar-refractivity contribution in [3.63, 3.8) is 0 Å². The van der Waals surface area contributed by atoms with Gasteiger partial charge < -0.3 is 10.0 Å². The van der Waals surface area contributed by atoms with Crippen LogP contribution in [0.5, 0.6) is 0 Å². The minimum Gasteiger partial charge on any atom is -0.505 e. The molecule has 0 bridgehead atoms. The number of carbonyl (C=O) groups is 1. The molecule has 0 unspecified atom stereocenters. The van der Waals surface area contributed by atoms with Crippen molar-refractivity contribution in [2.45, 2.75) is 12.8 Å². The first kappa shape index (κ1) is 9.06. The molecule has 0 aromatic heterocycles. The zero-order chi connectivity index (χ0) is 10.3. The molecule has 2 rings (SSSR count). The Labute approximate surface area is 83.0 Å². The zero-order valence-electron chi connectivity index (χ0n) is 8.37. The molecule has 3 heteroatoms. The second-order valence-corrected chi connectivity index (χ2v) is 3.73. The van der Waals surface area contributed by atoms with E-state index in [9.17, 15) is 9.90 Å². The predicted molar refractivity (Wildman–Crippen MR) is 53.7 cm³/mol. The van der Waals surface area contributed by atoms with E-state index >= 15 is 0 Å². The van der Waals surface area contributed by atoms with Crippen molar-refractivity contribution in [1.82, 2.24) is 4.90 Å². The number of rotatable bonds is 1. The van der Waals surface area contributed by atoms with E-state index in [4.69, 9.17) is 0 Å². The third kappa shape index (κ3) is 1.09. The molecular formula is C11H13NO2. The lowest BCUT2D eigenvalue weighted by Crippen LogP contribution is -2.17. The SMILES string of the molecule is CN(C)C1=C(O)C2=CCCC=C2C1=O. The lowest BCUT2D eigenvalue weighted by Gasteiger charge is -2.11. The number of likely N-dealkylation sites (N-methyl/N-ethyl adjacent to an activating group) is 1. The van der Waals surface area contributed by atoms with Crippen LogP contribution in [0.3, 0.4) is 0 Å². The van der Waals surface area contributed by atoms with E-state index in [1.807, 2.05) is 12.2 Å².